The van der Waals surface area contributed by atoms with Gasteiger partial charge in [-0.15, -0.1) is 5.17 Å². The molecule has 1 aromatic rings. The van der Waals surface area contributed by atoms with Gasteiger partial charge in [-0.2, -0.15) is 0 Å². The average Bonchev–Trinajstić information content (AvgIpc) is 2.54. The molecule has 0 bridgehead atoms. The summed E-state index contributed by atoms with van der Waals surface area (Å²) >= 11 is 0. The van der Waals surface area contributed by atoms with E-state index >= 15 is 0 Å². The summed E-state index contributed by atoms with van der Waals surface area (Å²) in [6, 6.07) is 6.92. The predicted octanol–water partition coefficient (Wildman–Crippen LogP) is 5.82. The van der Waals surface area contributed by atoms with Gasteiger partial charge in [0.2, 0.25) is 0 Å². The summed E-state index contributed by atoms with van der Waals surface area (Å²) < 4.78 is 0. The van der Waals surface area contributed by atoms with E-state index in [-0.39, 0.29) is 0 Å². The van der Waals surface area contributed by atoms with Crippen molar-refractivity contribution in [1.29, 1.82) is 0 Å². The average molecular weight is 351 g/mol. The fourth-order valence-corrected chi connectivity index (χ4v) is 5.83. The van der Waals surface area contributed by atoms with Crippen molar-refractivity contribution in [3.05, 3.63) is 59.0 Å². The summed E-state index contributed by atoms with van der Waals surface area (Å²) in [7, 11) is 0.743. The minimum absolute atomic E-state index is 0.565. The van der Waals surface area contributed by atoms with E-state index in [1.165, 1.54) is 22.3 Å². The second-order valence-corrected chi connectivity index (χ2v) is 9.62. The Morgan fingerprint density at radius 1 is 0.680 bits per heavy atom. The highest BCUT2D eigenvalue weighted by Crippen LogP contribution is 2.26. The summed E-state index contributed by atoms with van der Waals surface area (Å²) in [4.78, 5) is 0. The van der Waals surface area contributed by atoms with E-state index < -0.39 is 0 Å². The fourth-order valence-electron chi connectivity index (χ4n) is 3.52. The highest BCUT2D eigenvalue weighted by molar-refractivity contribution is 6.72. The Balaban J connectivity index is 2.72. The van der Waals surface area contributed by atoms with Crippen molar-refractivity contribution in [2.24, 2.45) is 11.8 Å². The van der Waals surface area contributed by atoms with Crippen molar-refractivity contribution >= 4 is 19.5 Å². The number of hydrogen-bond acceptors (Lipinski definition) is 0. The van der Waals surface area contributed by atoms with Gasteiger partial charge in [-0.3, -0.25) is 0 Å². The Hall–Kier alpha value is -1.34. The zero-order valence-corrected chi connectivity index (χ0v) is 18.3. The van der Waals surface area contributed by atoms with Crippen LogP contribution < -0.4 is 5.19 Å². The minimum Gasteiger partial charge on any atom is -0.359 e. The first-order chi connectivity index (χ1) is 11.7. The number of hydrogen-bond donors (Lipinski definition) is 0. The van der Waals surface area contributed by atoms with Gasteiger partial charge < -0.3 is 9.13 Å². The fraction of sp³-hybridized carbons (Fsp3) is 0.500. The van der Waals surface area contributed by atoms with Crippen LogP contribution >= 0.6 is 0 Å². The number of allylic oxidation sites excluding steroid dienone is 4. The molecule has 0 radical (unpaired) electrons. The molecule has 1 aliphatic carbocycles. The van der Waals surface area contributed by atoms with Crippen LogP contribution in [-0.4, -0.2) is 14.3 Å². The van der Waals surface area contributed by atoms with E-state index in [0.717, 1.165) is 9.13 Å². The largest absolute Gasteiger partial charge is 0.359 e. The van der Waals surface area contributed by atoms with Crippen LogP contribution in [0.2, 0.25) is 0 Å². The molecule has 0 N–H and O–H groups in total. The van der Waals surface area contributed by atoms with Crippen molar-refractivity contribution in [3.63, 3.8) is 0 Å². The quantitative estimate of drug-likeness (QED) is 0.464. The van der Waals surface area contributed by atoms with E-state index in [1.54, 1.807) is 10.4 Å². The van der Waals surface area contributed by atoms with E-state index in [0.29, 0.717) is 23.7 Å². The maximum absolute atomic E-state index is 2.34. The first-order valence-electron chi connectivity index (χ1n) is 9.76. The molecule has 0 aliphatic heterocycles. The molecule has 0 aromatic heterocycles. The van der Waals surface area contributed by atoms with E-state index in [4.69, 9.17) is 0 Å². The van der Waals surface area contributed by atoms with Crippen LogP contribution in [-0.2, 0) is 0 Å². The van der Waals surface area contributed by atoms with Crippen molar-refractivity contribution in [3.8, 4) is 0 Å². The van der Waals surface area contributed by atoms with Gasteiger partial charge in [0.1, 0.15) is 0 Å². The van der Waals surface area contributed by atoms with Crippen LogP contribution in [0.15, 0.2) is 41.5 Å². The Kier molecular flexibility index (Phi) is 6.68. The Bertz CT molecular complexity index is 645. The molecule has 0 amide bonds. The SMILES string of the molecule is CC(C)C1=C[CH+]C=C(C(C)C)C1=[Si-]c1c(C(C)C)cccc1C(C)C. The molecule has 0 nitrogen and oxygen atoms in total. The first kappa shape index (κ1) is 20.0. The molecule has 0 heterocycles. The normalized spacial score (nSPS) is 15.0. The monoisotopic (exact) mass is 350 g/mol. The van der Waals surface area contributed by atoms with Gasteiger partial charge in [0, 0.05) is 41.6 Å². The molecule has 2 rings (SSSR count). The van der Waals surface area contributed by atoms with Crippen LogP contribution in [0, 0.1) is 18.3 Å². The van der Waals surface area contributed by atoms with Crippen LogP contribution in [0.4, 0.5) is 0 Å². The van der Waals surface area contributed by atoms with Crippen LogP contribution in [0.1, 0.15) is 78.4 Å². The molecule has 1 aliphatic rings. The number of benzene rings is 1. The Morgan fingerprint density at radius 3 is 1.48 bits per heavy atom. The smallest absolute Gasteiger partial charge is 0.0481 e. The van der Waals surface area contributed by atoms with Gasteiger partial charge in [-0.25, -0.2) is 5.19 Å². The third kappa shape index (κ3) is 4.44. The van der Waals surface area contributed by atoms with Crippen molar-refractivity contribution in [2.75, 3.05) is 0 Å². The van der Waals surface area contributed by atoms with Gasteiger partial charge in [0.05, 0.1) is 0 Å². The van der Waals surface area contributed by atoms with Gasteiger partial charge in [0.15, 0.2) is 0 Å². The van der Waals surface area contributed by atoms with Gasteiger partial charge in [-0.1, -0.05) is 57.0 Å². The molecule has 0 saturated carbocycles. The molecule has 0 atom stereocenters. The van der Waals surface area contributed by atoms with Crippen molar-refractivity contribution < 1.29 is 0 Å². The number of rotatable bonds is 5. The zero-order chi connectivity index (χ0) is 18.7. The molecule has 1 heteroatoms. The van der Waals surface area contributed by atoms with Gasteiger partial charge in [0.25, 0.3) is 0 Å². The summed E-state index contributed by atoms with van der Waals surface area (Å²) in [5, 5.41) is 3.17. The highest BCUT2D eigenvalue weighted by Gasteiger charge is 2.21. The maximum atomic E-state index is 2.34. The summed E-state index contributed by atoms with van der Waals surface area (Å²) in [5.41, 5.74) is 6.10. The second kappa shape index (κ2) is 8.36. The lowest BCUT2D eigenvalue weighted by molar-refractivity contribution is 0.776. The molecule has 134 valence electrons. The highest BCUT2D eigenvalue weighted by atomic mass is 28.2. The molecular formula is C24H34Si. The van der Waals surface area contributed by atoms with Crippen molar-refractivity contribution in [2.45, 2.75) is 67.2 Å². The lowest BCUT2D eigenvalue weighted by atomic mass is 9.85. The molecular weight excluding hydrogens is 316 g/mol. The molecule has 0 spiro atoms. The Morgan fingerprint density at radius 2 is 1.12 bits per heavy atom. The molecule has 25 heavy (non-hydrogen) atoms. The van der Waals surface area contributed by atoms with E-state index in [2.05, 4.69) is 92.2 Å². The molecule has 0 unspecified atom stereocenters. The van der Waals surface area contributed by atoms with Crippen molar-refractivity contribution in [1.82, 2.24) is 0 Å². The van der Waals surface area contributed by atoms with Crippen LogP contribution in [0.25, 0.3) is 0 Å². The summed E-state index contributed by atoms with van der Waals surface area (Å²) in [6.07, 6.45) is 6.92. The Labute approximate surface area is 157 Å². The lowest BCUT2D eigenvalue weighted by Gasteiger charge is -2.30. The molecule has 1 aromatic carbocycles. The minimum atomic E-state index is 0.565. The predicted molar refractivity (Wildman–Crippen MR) is 115 cm³/mol. The zero-order valence-electron chi connectivity index (χ0n) is 17.3. The molecule has 0 fully saturated rings. The maximum Gasteiger partial charge on any atom is 0.0481 e. The lowest BCUT2D eigenvalue weighted by Crippen LogP contribution is -2.30. The van der Waals surface area contributed by atoms with Crippen LogP contribution in [0.3, 0.4) is 0 Å². The standard InChI is InChI=1S/C24H34Si/c1-15(2)19-11-9-12-20(16(3)4)23(19)25-24-21(17(5)6)13-10-14-22(24)18(7)8/h9-18H,1-8H3. The molecule has 0 saturated heterocycles. The summed E-state index contributed by atoms with van der Waals surface area (Å²) in [5.74, 6) is 2.26. The second-order valence-electron chi connectivity index (χ2n) is 8.37. The third-order valence-electron chi connectivity index (χ3n) is 5.00. The van der Waals surface area contributed by atoms with Gasteiger partial charge >= 0.3 is 0 Å². The van der Waals surface area contributed by atoms with Crippen LogP contribution in [0.5, 0.6) is 0 Å². The van der Waals surface area contributed by atoms with E-state index in [1.807, 2.05) is 0 Å². The third-order valence-corrected chi connectivity index (χ3v) is 6.65. The topological polar surface area (TPSA) is 0 Å². The van der Waals surface area contributed by atoms with Gasteiger partial charge in [-0.05, 0) is 39.5 Å². The first-order valence-corrected chi connectivity index (χ1v) is 10.8. The summed E-state index contributed by atoms with van der Waals surface area (Å²) in [6.45, 7) is 18.6. The van der Waals surface area contributed by atoms with E-state index in [9.17, 15) is 0 Å².